The van der Waals surface area contributed by atoms with Crippen molar-refractivity contribution in [3.8, 4) is 0 Å². The van der Waals surface area contributed by atoms with E-state index < -0.39 is 0 Å². The highest BCUT2D eigenvalue weighted by atomic mass is 16.1. The Morgan fingerprint density at radius 2 is 1.58 bits per heavy atom. The molecule has 0 aromatic carbocycles. The smallest absolute Gasteiger partial charge is 0.207 e. The zero-order valence-corrected chi connectivity index (χ0v) is 16.2. The highest BCUT2D eigenvalue weighted by Gasteiger charge is 2.02. The van der Waals surface area contributed by atoms with Crippen molar-refractivity contribution in [1.29, 1.82) is 0 Å². The van der Waals surface area contributed by atoms with Crippen LogP contribution in [0.1, 0.15) is 73.1 Å². The standard InChI is InChI=1S/C21H35NO2/c1-17(2)14-21(24)15-20(5)11-7-9-18(3)8-6-10-19(4)12-13-22-16-23/h8,12,15-17H,6-7,9-11,13-14H2,1-5H3,(H,22,23)/b18-8+,19-12+,20-15-. The average Bonchev–Trinajstić information content (AvgIpc) is 2.46. The molecule has 24 heavy (non-hydrogen) atoms. The highest BCUT2D eigenvalue weighted by molar-refractivity contribution is 5.90. The van der Waals surface area contributed by atoms with Crippen LogP contribution >= 0.6 is 0 Å². The summed E-state index contributed by atoms with van der Waals surface area (Å²) in [7, 11) is 0. The first-order valence-electron chi connectivity index (χ1n) is 9.03. The number of hydrogen-bond acceptors (Lipinski definition) is 2. The minimum absolute atomic E-state index is 0.251. The molecule has 0 aliphatic carbocycles. The number of rotatable bonds is 13. The van der Waals surface area contributed by atoms with Crippen LogP contribution in [0.3, 0.4) is 0 Å². The summed E-state index contributed by atoms with van der Waals surface area (Å²) in [6.07, 6.45) is 12.8. The first-order valence-corrected chi connectivity index (χ1v) is 9.03. The molecule has 0 saturated carbocycles. The molecule has 0 rings (SSSR count). The molecular weight excluding hydrogens is 298 g/mol. The number of carbonyl (C=O) groups excluding carboxylic acids is 2. The summed E-state index contributed by atoms with van der Waals surface area (Å²) in [5, 5.41) is 2.64. The molecular formula is C21H35NO2. The van der Waals surface area contributed by atoms with Crippen LogP contribution < -0.4 is 5.32 Å². The molecule has 0 spiro atoms. The van der Waals surface area contributed by atoms with Gasteiger partial charge in [-0.3, -0.25) is 9.59 Å². The molecule has 3 heteroatoms. The number of nitrogens with one attached hydrogen (secondary N) is 1. The maximum absolute atomic E-state index is 11.7. The molecule has 0 saturated heterocycles. The second-order valence-electron chi connectivity index (χ2n) is 7.07. The first-order chi connectivity index (χ1) is 11.3. The Hall–Kier alpha value is -1.64. The van der Waals surface area contributed by atoms with E-state index in [1.807, 2.05) is 6.08 Å². The van der Waals surface area contributed by atoms with Crippen molar-refractivity contribution >= 4 is 12.2 Å². The predicted molar refractivity (Wildman–Crippen MR) is 103 cm³/mol. The zero-order valence-electron chi connectivity index (χ0n) is 16.2. The van der Waals surface area contributed by atoms with E-state index in [1.54, 1.807) is 0 Å². The molecule has 0 aliphatic rings. The van der Waals surface area contributed by atoms with Crippen LogP contribution in [-0.2, 0) is 9.59 Å². The van der Waals surface area contributed by atoms with Gasteiger partial charge in [0, 0.05) is 13.0 Å². The fourth-order valence-corrected chi connectivity index (χ4v) is 2.49. The van der Waals surface area contributed by atoms with Crippen LogP contribution in [0, 0.1) is 5.92 Å². The fourth-order valence-electron chi connectivity index (χ4n) is 2.49. The lowest BCUT2D eigenvalue weighted by molar-refractivity contribution is -0.115. The summed E-state index contributed by atoms with van der Waals surface area (Å²) in [5.74, 6) is 0.680. The normalized spacial score (nSPS) is 13.3. The van der Waals surface area contributed by atoms with Crippen LogP contribution in [0.2, 0.25) is 0 Å². The minimum Gasteiger partial charge on any atom is -0.355 e. The third-order valence-electron chi connectivity index (χ3n) is 3.84. The van der Waals surface area contributed by atoms with Gasteiger partial charge in [-0.25, -0.2) is 0 Å². The topological polar surface area (TPSA) is 46.2 Å². The van der Waals surface area contributed by atoms with Gasteiger partial charge in [0.25, 0.3) is 0 Å². The molecule has 0 unspecified atom stereocenters. The molecule has 0 bridgehead atoms. The summed E-state index contributed by atoms with van der Waals surface area (Å²) < 4.78 is 0. The molecule has 1 amide bonds. The summed E-state index contributed by atoms with van der Waals surface area (Å²) in [6, 6.07) is 0. The molecule has 136 valence electrons. The Morgan fingerprint density at radius 1 is 0.958 bits per heavy atom. The van der Waals surface area contributed by atoms with E-state index in [1.165, 1.54) is 16.7 Å². The predicted octanol–water partition coefficient (Wildman–Crippen LogP) is 5.14. The van der Waals surface area contributed by atoms with E-state index in [9.17, 15) is 9.59 Å². The monoisotopic (exact) mass is 333 g/mol. The molecule has 0 aliphatic heterocycles. The summed E-state index contributed by atoms with van der Waals surface area (Å²) in [4.78, 5) is 21.9. The molecule has 0 fully saturated rings. The van der Waals surface area contributed by atoms with E-state index >= 15 is 0 Å². The molecule has 0 radical (unpaired) electrons. The van der Waals surface area contributed by atoms with Crippen LogP contribution in [0.15, 0.2) is 34.9 Å². The number of hydrogen-bond donors (Lipinski definition) is 1. The number of carbonyl (C=O) groups is 2. The van der Waals surface area contributed by atoms with Crippen LogP contribution in [0.4, 0.5) is 0 Å². The molecule has 3 nitrogen and oxygen atoms in total. The van der Waals surface area contributed by atoms with Crippen LogP contribution in [0.5, 0.6) is 0 Å². The zero-order chi connectivity index (χ0) is 18.4. The first kappa shape index (κ1) is 22.4. The van der Waals surface area contributed by atoms with Gasteiger partial charge >= 0.3 is 0 Å². The van der Waals surface area contributed by atoms with Crippen LogP contribution in [-0.4, -0.2) is 18.7 Å². The second kappa shape index (κ2) is 13.8. The fraction of sp³-hybridized carbons (Fsp3) is 0.619. The maximum Gasteiger partial charge on any atom is 0.207 e. The minimum atomic E-state index is 0.251. The number of allylic oxidation sites excluding steroid dienone is 5. The third kappa shape index (κ3) is 14.0. The molecule has 1 N–H and O–H groups in total. The number of amides is 1. The quantitative estimate of drug-likeness (QED) is 0.220. The summed E-state index contributed by atoms with van der Waals surface area (Å²) >= 11 is 0. The van der Waals surface area contributed by atoms with E-state index in [-0.39, 0.29) is 5.78 Å². The van der Waals surface area contributed by atoms with E-state index in [0.29, 0.717) is 18.9 Å². The van der Waals surface area contributed by atoms with Crippen molar-refractivity contribution in [2.45, 2.75) is 73.1 Å². The lowest BCUT2D eigenvalue weighted by atomic mass is 10.0. The Bertz CT molecular complexity index is 470. The molecule has 0 heterocycles. The lowest BCUT2D eigenvalue weighted by Gasteiger charge is -2.05. The van der Waals surface area contributed by atoms with Crippen LogP contribution in [0.25, 0.3) is 0 Å². The Kier molecular flexibility index (Phi) is 12.8. The van der Waals surface area contributed by atoms with Gasteiger partial charge in [-0.2, -0.15) is 0 Å². The SMILES string of the molecule is C/C(=C/C(=O)CC(C)C)CCC/C(C)=C/CC/C(C)=C/CNC=O. The van der Waals surface area contributed by atoms with Crippen molar-refractivity contribution in [3.63, 3.8) is 0 Å². The van der Waals surface area contributed by atoms with Crippen molar-refractivity contribution in [1.82, 2.24) is 5.32 Å². The van der Waals surface area contributed by atoms with Crippen molar-refractivity contribution < 1.29 is 9.59 Å². The van der Waals surface area contributed by atoms with E-state index in [2.05, 4.69) is 52.1 Å². The molecule has 0 atom stereocenters. The maximum atomic E-state index is 11.7. The van der Waals surface area contributed by atoms with Gasteiger partial charge in [0.2, 0.25) is 6.41 Å². The Morgan fingerprint density at radius 3 is 2.21 bits per heavy atom. The Labute approximate surface area is 148 Å². The largest absolute Gasteiger partial charge is 0.355 e. The van der Waals surface area contributed by atoms with E-state index in [0.717, 1.165) is 38.5 Å². The van der Waals surface area contributed by atoms with Gasteiger partial charge in [-0.05, 0) is 64.9 Å². The van der Waals surface area contributed by atoms with Gasteiger partial charge in [-0.15, -0.1) is 0 Å². The summed E-state index contributed by atoms with van der Waals surface area (Å²) in [5.41, 5.74) is 3.90. The van der Waals surface area contributed by atoms with Crippen molar-refractivity contribution in [3.05, 3.63) is 34.9 Å². The van der Waals surface area contributed by atoms with E-state index in [4.69, 9.17) is 0 Å². The van der Waals surface area contributed by atoms with Gasteiger partial charge < -0.3 is 5.32 Å². The van der Waals surface area contributed by atoms with Gasteiger partial charge in [0.1, 0.15) is 0 Å². The second-order valence-corrected chi connectivity index (χ2v) is 7.07. The average molecular weight is 334 g/mol. The highest BCUT2D eigenvalue weighted by Crippen LogP contribution is 2.14. The third-order valence-corrected chi connectivity index (χ3v) is 3.84. The Balaban J connectivity index is 4.01. The molecule has 0 aromatic rings. The van der Waals surface area contributed by atoms with Crippen molar-refractivity contribution in [2.24, 2.45) is 5.92 Å². The van der Waals surface area contributed by atoms with Crippen molar-refractivity contribution in [2.75, 3.05) is 6.54 Å². The molecule has 0 aromatic heterocycles. The lowest BCUT2D eigenvalue weighted by Crippen LogP contribution is -2.09. The van der Waals surface area contributed by atoms with Gasteiger partial charge in [-0.1, -0.05) is 42.7 Å². The van der Waals surface area contributed by atoms with Gasteiger partial charge in [0.05, 0.1) is 0 Å². The summed E-state index contributed by atoms with van der Waals surface area (Å²) in [6.45, 7) is 11.1. The van der Waals surface area contributed by atoms with Gasteiger partial charge in [0.15, 0.2) is 5.78 Å². The number of ketones is 1.